The topological polar surface area (TPSA) is 84.9 Å². The second-order valence-electron chi connectivity index (χ2n) is 5.97. The van der Waals surface area contributed by atoms with Crippen molar-refractivity contribution in [2.75, 3.05) is 31.7 Å². The van der Waals surface area contributed by atoms with Crippen molar-refractivity contribution in [3.63, 3.8) is 0 Å². The maximum atomic E-state index is 12.0. The maximum absolute atomic E-state index is 12.0. The van der Waals surface area contributed by atoms with Gasteiger partial charge in [-0.15, -0.1) is 0 Å². The van der Waals surface area contributed by atoms with Gasteiger partial charge in [0.25, 0.3) is 0 Å². The lowest BCUT2D eigenvalue weighted by molar-refractivity contribution is -0.122. The molecule has 2 rings (SSSR count). The second-order valence-corrected chi connectivity index (χ2v) is 5.97. The van der Waals surface area contributed by atoms with Gasteiger partial charge in [-0.1, -0.05) is 24.3 Å². The van der Waals surface area contributed by atoms with Gasteiger partial charge in [-0.05, 0) is 30.3 Å². The van der Waals surface area contributed by atoms with Crippen molar-refractivity contribution in [3.8, 4) is 5.75 Å². The lowest BCUT2D eigenvalue weighted by Gasteiger charge is -2.22. The normalized spacial score (nSPS) is 10.1. The van der Waals surface area contributed by atoms with Gasteiger partial charge in [0.1, 0.15) is 5.75 Å². The predicted molar refractivity (Wildman–Crippen MR) is 105 cm³/mol. The summed E-state index contributed by atoms with van der Waals surface area (Å²) in [5, 5.41) is 2.77. The van der Waals surface area contributed by atoms with Gasteiger partial charge in [0.15, 0.2) is 0 Å². The third-order valence-electron chi connectivity index (χ3n) is 3.96. The summed E-state index contributed by atoms with van der Waals surface area (Å²) in [7, 11) is 1.30. The zero-order valence-corrected chi connectivity index (χ0v) is 16.0. The molecule has 0 radical (unpaired) electrons. The number of benzene rings is 2. The Morgan fingerprint density at radius 1 is 1.04 bits per heavy atom. The highest BCUT2D eigenvalue weighted by molar-refractivity contribution is 5.95. The van der Waals surface area contributed by atoms with Crippen LogP contribution in [0.4, 0.5) is 5.69 Å². The standard InChI is InChI=1S/C21H24N2O5/c1-16(24)23(18-8-6-7-17(15-18)21(26)27-2)13-12-22-20(25)11-14-28-19-9-4-3-5-10-19/h3-10,15H,11-14H2,1-2H3,(H,22,25). The summed E-state index contributed by atoms with van der Waals surface area (Å²) in [6.07, 6.45) is 0.215. The van der Waals surface area contributed by atoms with Crippen LogP contribution in [0, 0.1) is 0 Å². The molecule has 0 saturated carbocycles. The van der Waals surface area contributed by atoms with Crippen LogP contribution in [0.5, 0.6) is 5.75 Å². The van der Waals surface area contributed by atoms with E-state index in [1.165, 1.54) is 18.9 Å². The molecule has 0 atom stereocenters. The highest BCUT2D eigenvalue weighted by Gasteiger charge is 2.14. The van der Waals surface area contributed by atoms with Gasteiger partial charge in [0.05, 0.1) is 25.7 Å². The Hall–Kier alpha value is -3.35. The number of nitrogens with zero attached hydrogens (tertiary/aromatic N) is 1. The minimum Gasteiger partial charge on any atom is -0.493 e. The Kier molecular flexibility index (Phi) is 8.02. The summed E-state index contributed by atoms with van der Waals surface area (Å²) in [6.45, 7) is 2.27. The van der Waals surface area contributed by atoms with Crippen LogP contribution < -0.4 is 15.0 Å². The zero-order valence-electron chi connectivity index (χ0n) is 16.0. The van der Waals surface area contributed by atoms with Crippen LogP contribution in [0.15, 0.2) is 54.6 Å². The molecule has 0 unspecified atom stereocenters. The molecule has 0 spiro atoms. The average molecular weight is 384 g/mol. The van der Waals surface area contributed by atoms with Crippen molar-refractivity contribution in [3.05, 3.63) is 60.2 Å². The first-order chi connectivity index (χ1) is 13.5. The Morgan fingerprint density at radius 2 is 1.79 bits per heavy atom. The lowest BCUT2D eigenvalue weighted by atomic mass is 10.2. The predicted octanol–water partition coefficient (Wildman–Crippen LogP) is 2.41. The monoisotopic (exact) mass is 384 g/mol. The number of carbonyl (C=O) groups excluding carboxylic acids is 3. The Balaban J connectivity index is 1.82. The molecule has 0 aliphatic heterocycles. The van der Waals surface area contributed by atoms with Crippen molar-refractivity contribution in [1.29, 1.82) is 0 Å². The lowest BCUT2D eigenvalue weighted by Crippen LogP contribution is -2.38. The van der Waals surface area contributed by atoms with E-state index in [-0.39, 0.29) is 37.9 Å². The molecule has 7 nitrogen and oxygen atoms in total. The van der Waals surface area contributed by atoms with E-state index in [1.807, 2.05) is 30.3 Å². The van der Waals surface area contributed by atoms with E-state index in [0.29, 0.717) is 17.0 Å². The fraction of sp³-hybridized carbons (Fsp3) is 0.286. The van der Waals surface area contributed by atoms with Crippen LogP contribution in [0.25, 0.3) is 0 Å². The molecule has 2 aromatic carbocycles. The minimum absolute atomic E-state index is 0.164. The molecule has 1 N–H and O–H groups in total. The van der Waals surface area contributed by atoms with E-state index >= 15 is 0 Å². The number of anilines is 1. The smallest absolute Gasteiger partial charge is 0.337 e. The van der Waals surface area contributed by atoms with E-state index in [1.54, 1.807) is 24.3 Å². The summed E-state index contributed by atoms with van der Waals surface area (Å²) in [5.41, 5.74) is 0.922. The molecule has 2 aromatic rings. The summed E-state index contributed by atoms with van der Waals surface area (Å²) in [4.78, 5) is 37.1. The molecule has 2 amide bonds. The maximum Gasteiger partial charge on any atom is 0.337 e. The molecule has 148 valence electrons. The Bertz CT molecular complexity index is 807. The number of esters is 1. The number of ether oxygens (including phenoxy) is 2. The highest BCUT2D eigenvalue weighted by atomic mass is 16.5. The summed E-state index contributed by atoms with van der Waals surface area (Å²) >= 11 is 0. The summed E-state index contributed by atoms with van der Waals surface area (Å²) < 4.78 is 10.2. The first kappa shape index (κ1) is 21.0. The highest BCUT2D eigenvalue weighted by Crippen LogP contribution is 2.17. The minimum atomic E-state index is -0.475. The van der Waals surface area contributed by atoms with Crippen LogP contribution >= 0.6 is 0 Å². The van der Waals surface area contributed by atoms with Gasteiger partial charge < -0.3 is 19.7 Å². The van der Waals surface area contributed by atoms with E-state index in [0.717, 1.165) is 0 Å². The van der Waals surface area contributed by atoms with Crippen LogP contribution in [-0.2, 0) is 14.3 Å². The molecule has 0 bridgehead atoms. The third kappa shape index (κ3) is 6.42. The summed E-state index contributed by atoms with van der Waals surface area (Å²) in [6, 6.07) is 15.9. The number of hydrogen-bond acceptors (Lipinski definition) is 5. The van der Waals surface area contributed by atoms with E-state index in [4.69, 9.17) is 9.47 Å². The van der Waals surface area contributed by atoms with Gasteiger partial charge in [-0.2, -0.15) is 0 Å². The van der Waals surface area contributed by atoms with Crippen molar-refractivity contribution in [1.82, 2.24) is 5.32 Å². The largest absolute Gasteiger partial charge is 0.493 e. The van der Waals surface area contributed by atoms with E-state index < -0.39 is 5.97 Å². The van der Waals surface area contributed by atoms with Crippen LogP contribution in [0.1, 0.15) is 23.7 Å². The van der Waals surface area contributed by atoms with Gasteiger partial charge in [0, 0.05) is 25.7 Å². The number of methoxy groups -OCH3 is 1. The van der Waals surface area contributed by atoms with Crippen molar-refractivity contribution < 1.29 is 23.9 Å². The number of carbonyl (C=O) groups is 3. The third-order valence-corrected chi connectivity index (χ3v) is 3.96. The molecule has 0 aliphatic rings. The molecule has 0 fully saturated rings. The molecular formula is C21H24N2O5. The quantitative estimate of drug-likeness (QED) is 0.671. The zero-order chi connectivity index (χ0) is 20.4. The molecule has 7 heteroatoms. The van der Waals surface area contributed by atoms with Gasteiger partial charge >= 0.3 is 5.97 Å². The van der Waals surface area contributed by atoms with Crippen molar-refractivity contribution in [2.45, 2.75) is 13.3 Å². The Morgan fingerprint density at radius 3 is 2.46 bits per heavy atom. The summed E-state index contributed by atoms with van der Waals surface area (Å²) in [5.74, 6) is -0.118. The molecule has 0 aliphatic carbocycles. The van der Waals surface area contributed by atoms with Gasteiger partial charge in [-0.3, -0.25) is 9.59 Å². The van der Waals surface area contributed by atoms with Crippen molar-refractivity contribution >= 4 is 23.5 Å². The second kappa shape index (κ2) is 10.7. The number of hydrogen-bond donors (Lipinski definition) is 1. The van der Waals surface area contributed by atoms with Gasteiger partial charge in [0.2, 0.25) is 11.8 Å². The number of nitrogens with one attached hydrogen (secondary N) is 1. The van der Waals surface area contributed by atoms with Crippen molar-refractivity contribution in [2.24, 2.45) is 0 Å². The van der Waals surface area contributed by atoms with Crippen LogP contribution in [-0.4, -0.2) is 44.6 Å². The fourth-order valence-electron chi connectivity index (χ4n) is 2.56. The molecule has 0 aromatic heterocycles. The first-order valence-corrected chi connectivity index (χ1v) is 8.92. The first-order valence-electron chi connectivity index (χ1n) is 8.92. The van der Waals surface area contributed by atoms with E-state index in [9.17, 15) is 14.4 Å². The Labute approximate surface area is 164 Å². The number of para-hydroxylation sites is 1. The average Bonchev–Trinajstić information content (AvgIpc) is 2.71. The van der Waals surface area contributed by atoms with Crippen LogP contribution in [0.3, 0.4) is 0 Å². The molecule has 28 heavy (non-hydrogen) atoms. The molecular weight excluding hydrogens is 360 g/mol. The van der Waals surface area contributed by atoms with Gasteiger partial charge in [-0.25, -0.2) is 4.79 Å². The number of amides is 2. The molecule has 0 heterocycles. The SMILES string of the molecule is COC(=O)c1cccc(N(CCNC(=O)CCOc2ccccc2)C(C)=O)c1. The van der Waals surface area contributed by atoms with Crippen LogP contribution in [0.2, 0.25) is 0 Å². The fourth-order valence-corrected chi connectivity index (χ4v) is 2.56. The van der Waals surface area contributed by atoms with E-state index in [2.05, 4.69) is 5.32 Å². The number of rotatable bonds is 9. The molecule has 0 saturated heterocycles.